The van der Waals surface area contributed by atoms with E-state index in [9.17, 15) is 0 Å². The highest BCUT2D eigenvalue weighted by Gasteiger charge is 2.15. The van der Waals surface area contributed by atoms with Crippen molar-refractivity contribution < 1.29 is 4.74 Å². The topological polar surface area (TPSA) is 39.1 Å². The molecule has 2 aromatic rings. The Hall–Kier alpha value is -1.52. The fourth-order valence-electron chi connectivity index (χ4n) is 2.24. The van der Waals surface area contributed by atoms with E-state index in [1.165, 1.54) is 0 Å². The van der Waals surface area contributed by atoms with Crippen LogP contribution < -0.4 is 10.1 Å². The molecular formula is C14H16ClN3O. The molecule has 1 fully saturated rings. The van der Waals surface area contributed by atoms with E-state index in [0.29, 0.717) is 5.02 Å². The van der Waals surface area contributed by atoms with E-state index < -0.39 is 0 Å². The maximum atomic E-state index is 6.15. The zero-order chi connectivity index (χ0) is 13.1. The molecule has 3 rings (SSSR count). The van der Waals surface area contributed by atoms with Crippen LogP contribution in [-0.2, 0) is 0 Å². The second-order valence-corrected chi connectivity index (χ2v) is 5.05. The molecule has 1 N–H and O–H groups in total. The minimum Gasteiger partial charge on any atom is -0.487 e. The highest BCUT2D eigenvalue weighted by Crippen LogP contribution is 2.22. The van der Waals surface area contributed by atoms with Gasteiger partial charge < -0.3 is 10.1 Å². The number of hydrogen-bond donors (Lipinski definition) is 1. The summed E-state index contributed by atoms with van der Waals surface area (Å²) in [4.78, 5) is 0. The summed E-state index contributed by atoms with van der Waals surface area (Å²) in [7, 11) is 0. The smallest absolute Gasteiger partial charge is 0.158 e. The molecule has 1 aliphatic heterocycles. The number of hydrogen-bond acceptors (Lipinski definition) is 3. The first-order valence-electron chi connectivity index (χ1n) is 6.50. The van der Waals surface area contributed by atoms with Gasteiger partial charge in [-0.05, 0) is 38.1 Å². The van der Waals surface area contributed by atoms with Gasteiger partial charge in [0.05, 0.1) is 23.1 Å². The summed E-state index contributed by atoms with van der Waals surface area (Å²) < 4.78 is 7.68. The molecule has 0 amide bonds. The molecule has 0 aliphatic carbocycles. The fraction of sp³-hybridized carbons (Fsp3) is 0.357. The van der Waals surface area contributed by atoms with Gasteiger partial charge in [-0.1, -0.05) is 23.7 Å². The summed E-state index contributed by atoms with van der Waals surface area (Å²) >= 11 is 6.15. The largest absolute Gasteiger partial charge is 0.487 e. The molecule has 1 aromatic heterocycles. The lowest BCUT2D eigenvalue weighted by Crippen LogP contribution is -2.34. The zero-order valence-electron chi connectivity index (χ0n) is 10.6. The van der Waals surface area contributed by atoms with E-state index in [2.05, 4.69) is 10.4 Å². The zero-order valence-corrected chi connectivity index (χ0v) is 11.3. The van der Waals surface area contributed by atoms with Crippen LogP contribution in [0.15, 0.2) is 36.7 Å². The minimum atomic E-state index is 0.283. The minimum absolute atomic E-state index is 0.283. The van der Waals surface area contributed by atoms with E-state index in [0.717, 1.165) is 37.4 Å². The Morgan fingerprint density at radius 1 is 1.26 bits per heavy atom. The quantitative estimate of drug-likeness (QED) is 0.937. The number of nitrogens with one attached hydrogen (secondary N) is 1. The molecule has 19 heavy (non-hydrogen) atoms. The Morgan fingerprint density at radius 3 is 2.84 bits per heavy atom. The number of piperidine rings is 1. The van der Waals surface area contributed by atoms with E-state index in [1.54, 1.807) is 10.9 Å². The molecule has 1 aliphatic rings. The Morgan fingerprint density at radius 2 is 2.05 bits per heavy atom. The van der Waals surface area contributed by atoms with E-state index >= 15 is 0 Å². The average Bonchev–Trinajstić information content (AvgIpc) is 2.89. The van der Waals surface area contributed by atoms with Crippen LogP contribution >= 0.6 is 11.6 Å². The van der Waals surface area contributed by atoms with Gasteiger partial charge in [0.25, 0.3) is 0 Å². The lowest BCUT2D eigenvalue weighted by molar-refractivity contribution is 0.162. The maximum Gasteiger partial charge on any atom is 0.158 e. The van der Waals surface area contributed by atoms with Crippen molar-refractivity contribution in [1.29, 1.82) is 0 Å². The van der Waals surface area contributed by atoms with E-state index in [-0.39, 0.29) is 6.10 Å². The molecular weight excluding hydrogens is 262 g/mol. The van der Waals surface area contributed by atoms with Crippen LogP contribution in [0, 0.1) is 0 Å². The Bertz CT molecular complexity index is 549. The van der Waals surface area contributed by atoms with Crippen molar-refractivity contribution in [1.82, 2.24) is 15.1 Å². The second-order valence-electron chi connectivity index (χ2n) is 4.64. The standard InChI is InChI=1S/C14H16ClN3O/c15-13-3-1-2-4-14(13)18-10-12(9-17-18)19-11-5-7-16-8-6-11/h1-4,9-11,16H,5-8H2. The molecule has 0 bridgehead atoms. The molecule has 2 heterocycles. The number of nitrogens with zero attached hydrogens (tertiary/aromatic N) is 2. The van der Waals surface area contributed by atoms with Crippen molar-refractivity contribution >= 4 is 11.6 Å². The van der Waals surface area contributed by atoms with E-state index in [1.807, 2.05) is 30.5 Å². The van der Waals surface area contributed by atoms with Crippen molar-refractivity contribution in [3.63, 3.8) is 0 Å². The highest BCUT2D eigenvalue weighted by molar-refractivity contribution is 6.32. The van der Waals surface area contributed by atoms with Crippen LogP contribution in [0.3, 0.4) is 0 Å². The Labute approximate surface area is 117 Å². The van der Waals surface area contributed by atoms with Crippen LogP contribution in [-0.4, -0.2) is 29.0 Å². The average molecular weight is 278 g/mol. The van der Waals surface area contributed by atoms with Gasteiger partial charge in [-0.3, -0.25) is 0 Å². The van der Waals surface area contributed by atoms with Gasteiger partial charge in [-0.25, -0.2) is 4.68 Å². The van der Waals surface area contributed by atoms with Crippen LogP contribution in [0.1, 0.15) is 12.8 Å². The van der Waals surface area contributed by atoms with Crippen molar-refractivity contribution in [2.45, 2.75) is 18.9 Å². The van der Waals surface area contributed by atoms with E-state index in [4.69, 9.17) is 16.3 Å². The number of halogens is 1. The molecule has 4 nitrogen and oxygen atoms in total. The molecule has 1 aromatic carbocycles. The Kier molecular flexibility index (Phi) is 3.71. The molecule has 0 atom stereocenters. The van der Waals surface area contributed by atoms with Gasteiger partial charge in [0.15, 0.2) is 5.75 Å². The lowest BCUT2D eigenvalue weighted by atomic mass is 10.1. The molecule has 100 valence electrons. The first-order chi connectivity index (χ1) is 9.33. The number of ether oxygens (including phenoxy) is 1. The number of aromatic nitrogens is 2. The number of benzene rings is 1. The summed E-state index contributed by atoms with van der Waals surface area (Å²) in [6.45, 7) is 2.03. The van der Waals surface area contributed by atoms with Crippen molar-refractivity contribution in [2.24, 2.45) is 0 Å². The summed E-state index contributed by atoms with van der Waals surface area (Å²) in [5.41, 5.74) is 0.865. The third kappa shape index (κ3) is 2.91. The molecule has 0 radical (unpaired) electrons. The van der Waals surface area contributed by atoms with Crippen LogP contribution in [0.5, 0.6) is 5.75 Å². The van der Waals surface area contributed by atoms with Crippen LogP contribution in [0.25, 0.3) is 5.69 Å². The number of rotatable bonds is 3. The van der Waals surface area contributed by atoms with Gasteiger partial charge in [-0.2, -0.15) is 5.10 Å². The first-order valence-corrected chi connectivity index (χ1v) is 6.88. The third-order valence-corrected chi connectivity index (χ3v) is 3.57. The predicted molar refractivity (Wildman–Crippen MR) is 75.1 cm³/mol. The third-order valence-electron chi connectivity index (χ3n) is 3.25. The summed E-state index contributed by atoms with van der Waals surface area (Å²) in [5, 5.41) is 8.30. The van der Waals surface area contributed by atoms with Crippen molar-refractivity contribution in [2.75, 3.05) is 13.1 Å². The molecule has 0 unspecified atom stereocenters. The van der Waals surface area contributed by atoms with Gasteiger partial charge in [0.1, 0.15) is 6.10 Å². The fourth-order valence-corrected chi connectivity index (χ4v) is 2.46. The summed E-state index contributed by atoms with van der Waals surface area (Å²) in [6.07, 6.45) is 5.98. The maximum absolute atomic E-state index is 6.15. The Balaban J connectivity index is 1.74. The highest BCUT2D eigenvalue weighted by atomic mass is 35.5. The molecule has 5 heteroatoms. The van der Waals surface area contributed by atoms with Gasteiger partial charge in [-0.15, -0.1) is 0 Å². The summed E-state index contributed by atoms with van der Waals surface area (Å²) in [5.74, 6) is 0.798. The second kappa shape index (κ2) is 5.63. The van der Waals surface area contributed by atoms with Gasteiger partial charge >= 0.3 is 0 Å². The normalized spacial score (nSPS) is 16.5. The SMILES string of the molecule is Clc1ccccc1-n1cc(OC2CCNCC2)cn1. The van der Waals surface area contributed by atoms with Crippen LogP contribution in [0.4, 0.5) is 0 Å². The molecule has 1 saturated heterocycles. The first kappa shape index (κ1) is 12.5. The lowest BCUT2D eigenvalue weighted by Gasteiger charge is -2.22. The molecule has 0 spiro atoms. The molecule has 0 saturated carbocycles. The van der Waals surface area contributed by atoms with Gasteiger partial charge in [0.2, 0.25) is 0 Å². The van der Waals surface area contributed by atoms with Gasteiger partial charge in [0, 0.05) is 0 Å². The van der Waals surface area contributed by atoms with Crippen LogP contribution in [0.2, 0.25) is 5.02 Å². The number of para-hydroxylation sites is 1. The van der Waals surface area contributed by atoms with Crippen molar-refractivity contribution in [3.8, 4) is 11.4 Å². The predicted octanol–water partition coefficient (Wildman–Crippen LogP) is 2.66. The van der Waals surface area contributed by atoms with Crippen molar-refractivity contribution in [3.05, 3.63) is 41.7 Å². The summed E-state index contributed by atoms with van der Waals surface area (Å²) in [6, 6.07) is 7.63. The monoisotopic (exact) mass is 277 g/mol.